The lowest BCUT2D eigenvalue weighted by Gasteiger charge is -2.34. The van der Waals surface area contributed by atoms with E-state index in [1.807, 2.05) is 0 Å². The van der Waals surface area contributed by atoms with Gasteiger partial charge in [-0.05, 0) is 88.0 Å². The summed E-state index contributed by atoms with van der Waals surface area (Å²) in [6.07, 6.45) is 38.1. The zero-order valence-electron chi connectivity index (χ0n) is 36.2. The number of ketones is 2. The number of carbonyl (C=O) groups is 3. The summed E-state index contributed by atoms with van der Waals surface area (Å²) in [5.41, 5.74) is -1.99. The molecule has 0 aliphatic heterocycles. The van der Waals surface area contributed by atoms with E-state index < -0.39 is 35.8 Å². The van der Waals surface area contributed by atoms with Crippen molar-refractivity contribution in [2.24, 2.45) is 0 Å². The fourth-order valence-electron chi connectivity index (χ4n) is 7.08. The Hall–Kier alpha value is -3.23. The average Bonchev–Trinajstić information content (AvgIpc) is 3.21. The minimum Gasteiger partial charge on any atom is -0.504 e. The standard InChI is InChI=1S/C49H80O8/c1-4-6-8-10-12-14-16-18-20-22-24-26-28-30-32-34-45(52)49(47(54)41-50,57-48(55)39-37-42-36-38-43(51)44(40-42)56-3)46(53)35-33-31-29-27-25-23-21-19-17-15-13-11-9-7-5-2/h18-21,36-40,47,50-51,54H,4-17,22-35,41H2,1-3H3/b20-18-,21-19-,39-37+/t47-/m0/s1. The maximum absolute atomic E-state index is 13.9. The second kappa shape index (κ2) is 34.8. The van der Waals surface area contributed by atoms with Crippen molar-refractivity contribution in [1.82, 2.24) is 0 Å². The normalized spacial score (nSPS) is 12.6. The first-order valence-electron chi connectivity index (χ1n) is 22.7. The Labute approximate surface area is 346 Å². The Morgan fingerprint density at radius 3 is 1.44 bits per heavy atom. The van der Waals surface area contributed by atoms with Crippen LogP contribution >= 0.6 is 0 Å². The molecule has 0 unspecified atom stereocenters. The summed E-state index contributed by atoms with van der Waals surface area (Å²) in [5, 5.41) is 31.0. The molecule has 3 N–H and O–H groups in total. The van der Waals surface area contributed by atoms with Crippen molar-refractivity contribution in [2.75, 3.05) is 13.7 Å². The minimum atomic E-state index is -2.50. The smallest absolute Gasteiger partial charge is 0.332 e. The molecular weight excluding hydrogens is 717 g/mol. The van der Waals surface area contributed by atoms with E-state index in [2.05, 4.69) is 38.2 Å². The molecule has 324 valence electrons. The summed E-state index contributed by atoms with van der Waals surface area (Å²) in [6, 6.07) is 4.50. The SMILES string of the molecule is CCCCCCCC/C=C\CCCCCCCC(=O)C(OC(=O)/C=C/c1ccc(O)c(OC)c1)(C(=O)CCCCCCC/C=C\CCCCCCCC)[C@@H](O)CO. The van der Waals surface area contributed by atoms with Crippen LogP contribution < -0.4 is 4.74 Å². The van der Waals surface area contributed by atoms with Gasteiger partial charge in [0.15, 0.2) is 23.1 Å². The van der Waals surface area contributed by atoms with Gasteiger partial charge < -0.3 is 24.8 Å². The Morgan fingerprint density at radius 1 is 0.632 bits per heavy atom. The average molecular weight is 797 g/mol. The number of aliphatic hydroxyl groups is 2. The molecule has 8 nitrogen and oxygen atoms in total. The maximum atomic E-state index is 13.9. The van der Waals surface area contributed by atoms with E-state index in [0.29, 0.717) is 18.4 Å². The number of hydrogen-bond acceptors (Lipinski definition) is 8. The molecule has 0 aliphatic carbocycles. The molecule has 1 atom stereocenters. The van der Waals surface area contributed by atoms with Crippen LogP contribution in [-0.2, 0) is 19.1 Å². The number of methoxy groups -OCH3 is 1. The predicted octanol–water partition coefficient (Wildman–Crippen LogP) is 12.3. The van der Waals surface area contributed by atoms with Crippen molar-refractivity contribution in [2.45, 2.75) is 205 Å². The maximum Gasteiger partial charge on any atom is 0.332 e. The fourth-order valence-corrected chi connectivity index (χ4v) is 7.08. The second-order valence-corrected chi connectivity index (χ2v) is 15.6. The number of esters is 1. The third-order valence-corrected chi connectivity index (χ3v) is 10.7. The van der Waals surface area contributed by atoms with Crippen LogP contribution in [0.4, 0.5) is 0 Å². The summed E-state index contributed by atoms with van der Waals surface area (Å²) < 4.78 is 10.8. The first kappa shape index (κ1) is 51.8. The molecule has 1 aromatic rings. The predicted molar refractivity (Wildman–Crippen MR) is 235 cm³/mol. The van der Waals surface area contributed by atoms with E-state index in [1.54, 1.807) is 6.07 Å². The highest BCUT2D eigenvalue weighted by Gasteiger charge is 2.53. The number of benzene rings is 1. The lowest BCUT2D eigenvalue weighted by Crippen LogP contribution is -2.60. The van der Waals surface area contributed by atoms with Gasteiger partial charge in [-0.2, -0.15) is 0 Å². The molecule has 1 rings (SSSR count). The number of aromatic hydroxyl groups is 1. The van der Waals surface area contributed by atoms with Crippen molar-refractivity contribution in [1.29, 1.82) is 0 Å². The number of hydrogen-bond donors (Lipinski definition) is 3. The molecule has 0 fully saturated rings. The van der Waals surface area contributed by atoms with Crippen LogP contribution in [0, 0.1) is 0 Å². The molecule has 0 radical (unpaired) electrons. The lowest BCUT2D eigenvalue weighted by atomic mass is 9.82. The molecule has 0 amide bonds. The number of ether oxygens (including phenoxy) is 2. The molecule has 0 heterocycles. The largest absolute Gasteiger partial charge is 0.504 e. The molecule has 0 aliphatic rings. The summed E-state index contributed by atoms with van der Waals surface area (Å²) in [5.74, 6) is -2.23. The summed E-state index contributed by atoms with van der Waals surface area (Å²) in [7, 11) is 1.41. The molecule has 0 saturated carbocycles. The molecule has 57 heavy (non-hydrogen) atoms. The van der Waals surface area contributed by atoms with E-state index in [4.69, 9.17) is 9.47 Å². The van der Waals surface area contributed by atoms with Gasteiger partial charge in [-0.3, -0.25) is 9.59 Å². The van der Waals surface area contributed by atoms with E-state index in [-0.39, 0.29) is 24.3 Å². The number of aliphatic hydroxyl groups excluding tert-OH is 2. The van der Waals surface area contributed by atoms with Crippen molar-refractivity contribution in [3.63, 3.8) is 0 Å². The van der Waals surface area contributed by atoms with Gasteiger partial charge >= 0.3 is 5.97 Å². The van der Waals surface area contributed by atoms with Gasteiger partial charge in [-0.1, -0.05) is 147 Å². The number of allylic oxidation sites excluding steroid dienone is 4. The number of unbranched alkanes of at least 4 members (excludes halogenated alkanes) is 22. The number of phenols is 1. The summed E-state index contributed by atoms with van der Waals surface area (Å²) in [4.78, 5) is 41.0. The summed E-state index contributed by atoms with van der Waals surface area (Å²) >= 11 is 0. The Morgan fingerprint density at radius 2 is 1.04 bits per heavy atom. The Bertz CT molecular complexity index is 1230. The highest BCUT2D eigenvalue weighted by molar-refractivity contribution is 6.13. The van der Waals surface area contributed by atoms with Crippen LogP contribution in [0.1, 0.15) is 199 Å². The van der Waals surface area contributed by atoms with Crippen molar-refractivity contribution in [3.8, 4) is 11.5 Å². The number of phenolic OH excluding ortho intramolecular Hbond substituents is 1. The van der Waals surface area contributed by atoms with Gasteiger partial charge in [0.05, 0.1) is 13.7 Å². The van der Waals surface area contributed by atoms with Crippen LogP contribution in [0.2, 0.25) is 0 Å². The van der Waals surface area contributed by atoms with Crippen LogP contribution in [0.5, 0.6) is 11.5 Å². The number of carbonyl (C=O) groups excluding carboxylic acids is 3. The minimum absolute atomic E-state index is 0.0561. The van der Waals surface area contributed by atoms with E-state index in [1.165, 1.54) is 102 Å². The van der Waals surface area contributed by atoms with Crippen LogP contribution in [-0.4, -0.2) is 58.3 Å². The molecule has 8 heteroatoms. The van der Waals surface area contributed by atoms with Gasteiger partial charge in [0.25, 0.3) is 5.60 Å². The van der Waals surface area contributed by atoms with Crippen molar-refractivity contribution < 1.29 is 39.2 Å². The Kier molecular flexibility index (Phi) is 31.6. The number of rotatable bonds is 38. The van der Waals surface area contributed by atoms with Crippen LogP contribution in [0.3, 0.4) is 0 Å². The zero-order chi connectivity index (χ0) is 41.8. The van der Waals surface area contributed by atoms with E-state index in [9.17, 15) is 29.7 Å². The molecule has 0 bridgehead atoms. The van der Waals surface area contributed by atoms with Gasteiger partial charge in [0.1, 0.15) is 6.10 Å². The quantitative estimate of drug-likeness (QED) is 0.0198. The van der Waals surface area contributed by atoms with E-state index >= 15 is 0 Å². The van der Waals surface area contributed by atoms with E-state index in [0.717, 1.165) is 83.1 Å². The molecule has 0 saturated heterocycles. The van der Waals surface area contributed by atoms with Gasteiger partial charge in [-0.25, -0.2) is 4.79 Å². The first-order chi connectivity index (χ1) is 27.8. The zero-order valence-corrected chi connectivity index (χ0v) is 36.2. The van der Waals surface area contributed by atoms with Gasteiger partial charge in [-0.15, -0.1) is 0 Å². The molecular formula is C49H80O8. The number of Topliss-reactive ketones (excluding diaryl/α,β-unsaturated/α-hetero) is 2. The van der Waals surface area contributed by atoms with Crippen LogP contribution in [0.25, 0.3) is 6.08 Å². The molecule has 1 aromatic carbocycles. The van der Waals surface area contributed by atoms with Crippen molar-refractivity contribution >= 4 is 23.6 Å². The molecule has 0 spiro atoms. The topological polar surface area (TPSA) is 130 Å². The summed E-state index contributed by atoms with van der Waals surface area (Å²) in [6.45, 7) is 3.56. The Balaban J connectivity index is 2.74. The van der Waals surface area contributed by atoms with Gasteiger partial charge in [0, 0.05) is 18.9 Å². The lowest BCUT2D eigenvalue weighted by molar-refractivity contribution is -0.185. The highest BCUT2D eigenvalue weighted by atomic mass is 16.6. The fraction of sp³-hybridized carbons (Fsp3) is 0.694. The van der Waals surface area contributed by atoms with Crippen molar-refractivity contribution in [3.05, 3.63) is 54.1 Å². The first-order valence-corrected chi connectivity index (χ1v) is 22.7. The highest BCUT2D eigenvalue weighted by Crippen LogP contribution is 2.29. The second-order valence-electron chi connectivity index (χ2n) is 15.6. The van der Waals surface area contributed by atoms with Crippen LogP contribution in [0.15, 0.2) is 48.6 Å². The van der Waals surface area contributed by atoms with Gasteiger partial charge in [0.2, 0.25) is 0 Å². The third kappa shape index (κ3) is 23.7. The monoisotopic (exact) mass is 797 g/mol. The molecule has 0 aromatic heterocycles. The third-order valence-electron chi connectivity index (χ3n) is 10.7.